The lowest BCUT2D eigenvalue weighted by Crippen LogP contribution is -1.91. The maximum atomic E-state index is 5.94. The first-order chi connectivity index (χ1) is 10.3. The van der Waals surface area contributed by atoms with Gasteiger partial charge in [-0.25, -0.2) is 4.98 Å². The molecule has 0 aliphatic carbocycles. The molecular weight excluding hydrogens is 282 g/mol. The Morgan fingerprint density at radius 2 is 1.38 bits per heavy atom. The Bertz CT molecular complexity index is 739. The monoisotopic (exact) mass is 295 g/mol. The molecule has 3 rings (SSSR count). The fourth-order valence-electron chi connectivity index (χ4n) is 2.15. The average Bonchev–Trinajstić information content (AvgIpc) is 2.56. The molecule has 0 aliphatic heterocycles. The molecule has 0 fully saturated rings. The minimum atomic E-state index is 0.713. The highest BCUT2D eigenvalue weighted by molar-refractivity contribution is 6.30. The maximum absolute atomic E-state index is 5.94. The number of aromatic nitrogens is 1. The summed E-state index contributed by atoms with van der Waals surface area (Å²) in [4.78, 5) is 4.73. The number of hydrogen-bond donors (Lipinski definition) is 0. The number of ether oxygens (including phenoxy) is 1. The van der Waals surface area contributed by atoms with Crippen molar-refractivity contribution in [2.24, 2.45) is 0 Å². The van der Waals surface area contributed by atoms with Gasteiger partial charge in [0.1, 0.15) is 5.75 Å². The minimum absolute atomic E-state index is 0.713. The topological polar surface area (TPSA) is 22.1 Å². The van der Waals surface area contributed by atoms with Gasteiger partial charge in [0, 0.05) is 28.3 Å². The molecule has 0 amide bonds. The molecule has 0 radical (unpaired) electrons. The standard InChI is InChI=1S/C18H14ClNO/c1-21-16-11-17(13-5-3-2-4-6-13)20-18(12-16)14-7-9-15(19)10-8-14/h2-12H,1H3. The van der Waals surface area contributed by atoms with Crippen LogP contribution in [0.15, 0.2) is 66.7 Å². The molecule has 0 atom stereocenters. The van der Waals surface area contributed by atoms with Crippen LogP contribution in [0.5, 0.6) is 5.75 Å². The number of halogens is 1. The molecule has 0 spiro atoms. The van der Waals surface area contributed by atoms with Gasteiger partial charge in [-0.3, -0.25) is 0 Å². The summed E-state index contributed by atoms with van der Waals surface area (Å²) >= 11 is 5.94. The largest absolute Gasteiger partial charge is 0.497 e. The zero-order valence-electron chi connectivity index (χ0n) is 11.6. The predicted octanol–water partition coefficient (Wildman–Crippen LogP) is 5.08. The van der Waals surface area contributed by atoms with Crippen LogP contribution in [0.3, 0.4) is 0 Å². The van der Waals surface area contributed by atoms with Crippen LogP contribution in [-0.4, -0.2) is 12.1 Å². The van der Waals surface area contributed by atoms with Crippen molar-refractivity contribution in [1.29, 1.82) is 0 Å². The van der Waals surface area contributed by atoms with Crippen molar-refractivity contribution in [1.82, 2.24) is 4.98 Å². The van der Waals surface area contributed by atoms with Crippen molar-refractivity contribution in [3.63, 3.8) is 0 Å². The third kappa shape index (κ3) is 3.06. The van der Waals surface area contributed by atoms with Crippen LogP contribution in [-0.2, 0) is 0 Å². The average molecular weight is 296 g/mol. The van der Waals surface area contributed by atoms with E-state index in [4.69, 9.17) is 21.3 Å². The van der Waals surface area contributed by atoms with E-state index in [-0.39, 0.29) is 0 Å². The molecule has 2 aromatic carbocycles. The summed E-state index contributed by atoms with van der Waals surface area (Å²) in [7, 11) is 1.66. The van der Waals surface area contributed by atoms with Crippen LogP contribution >= 0.6 is 11.6 Å². The summed E-state index contributed by atoms with van der Waals surface area (Å²) in [6.45, 7) is 0. The number of pyridine rings is 1. The molecule has 0 aliphatic rings. The molecule has 0 saturated carbocycles. The Hall–Kier alpha value is -2.32. The fourth-order valence-corrected chi connectivity index (χ4v) is 2.27. The summed E-state index contributed by atoms with van der Waals surface area (Å²) in [5.41, 5.74) is 3.83. The molecule has 3 heteroatoms. The van der Waals surface area contributed by atoms with Gasteiger partial charge in [-0.2, -0.15) is 0 Å². The van der Waals surface area contributed by atoms with Crippen molar-refractivity contribution < 1.29 is 4.74 Å². The quantitative estimate of drug-likeness (QED) is 0.672. The van der Waals surface area contributed by atoms with Crippen molar-refractivity contribution in [3.8, 4) is 28.3 Å². The third-order valence-electron chi connectivity index (χ3n) is 3.24. The molecule has 1 aromatic heterocycles. The minimum Gasteiger partial charge on any atom is -0.497 e. The van der Waals surface area contributed by atoms with E-state index in [1.807, 2.05) is 66.7 Å². The molecule has 21 heavy (non-hydrogen) atoms. The van der Waals surface area contributed by atoms with Crippen LogP contribution in [0.4, 0.5) is 0 Å². The third-order valence-corrected chi connectivity index (χ3v) is 3.50. The first kappa shape index (κ1) is 13.7. The molecule has 2 nitrogen and oxygen atoms in total. The maximum Gasteiger partial charge on any atom is 0.123 e. The smallest absolute Gasteiger partial charge is 0.123 e. The number of rotatable bonds is 3. The molecule has 3 aromatic rings. The Balaban J connectivity index is 2.11. The van der Waals surface area contributed by atoms with Crippen molar-refractivity contribution in [2.45, 2.75) is 0 Å². The zero-order valence-corrected chi connectivity index (χ0v) is 12.3. The molecule has 104 valence electrons. The van der Waals surface area contributed by atoms with E-state index in [0.29, 0.717) is 5.02 Å². The summed E-state index contributed by atoms with van der Waals surface area (Å²) in [6, 6.07) is 21.6. The Labute approximate surface area is 129 Å². The molecular formula is C18H14ClNO. The summed E-state index contributed by atoms with van der Waals surface area (Å²) in [5.74, 6) is 0.786. The first-order valence-electron chi connectivity index (χ1n) is 6.64. The van der Waals surface area contributed by atoms with Crippen molar-refractivity contribution in [3.05, 3.63) is 71.8 Å². The normalized spacial score (nSPS) is 10.4. The second kappa shape index (κ2) is 5.98. The van der Waals surface area contributed by atoms with Gasteiger partial charge in [-0.1, -0.05) is 54.1 Å². The SMILES string of the molecule is COc1cc(-c2ccccc2)nc(-c2ccc(Cl)cc2)c1. The number of hydrogen-bond acceptors (Lipinski definition) is 2. The van der Waals surface area contributed by atoms with Crippen LogP contribution in [0.2, 0.25) is 5.02 Å². The molecule has 1 heterocycles. The highest BCUT2D eigenvalue weighted by atomic mass is 35.5. The van der Waals surface area contributed by atoms with Gasteiger partial charge in [0.05, 0.1) is 18.5 Å². The zero-order chi connectivity index (χ0) is 14.7. The lowest BCUT2D eigenvalue weighted by Gasteiger charge is -2.09. The molecule has 0 bridgehead atoms. The van der Waals surface area contributed by atoms with Crippen molar-refractivity contribution in [2.75, 3.05) is 7.11 Å². The van der Waals surface area contributed by atoms with Crippen LogP contribution in [0.1, 0.15) is 0 Å². The number of methoxy groups -OCH3 is 1. The van der Waals surface area contributed by atoms with Crippen LogP contribution in [0.25, 0.3) is 22.5 Å². The Morgan fingerprint density at radius 3 is 1.95 bits per heavy atom. The van der Waals surface area contributed by atoms with Gasteiger partial charge in [0.25, 0.3) is 0 Å². The van der Waals surface area contributed by atoms with Crippen molar-refractivity contribution >= 4 is 11.6 Å². The van der Waals surface area contributed by atoms with Gasteiger partial charge < -0.3 is 4.74 Å². The molecule has 0 N–H and O–H groups in total. The van der Waals surface area contributed by atoms with E-state index in [1.54, 1.807) is 7.11 Å². The second-order valence-electron chi connectivity index (χ2n) is 4.65. The molecule has 0 unspecified atom stereocenters. The fraction of sp³-hybridized carbons (Fsp3) is 0.0556. The van der Waals surface area contributed by atoms with E-state index < -0.39 is 0 Å². The van der Waals surface area contributed by atoms with Crippen LogP contribution in [0, 0.1) is 0 Å². The summed E-state index contributed by atoms with van der Waals surface area (Å²) in [5, 5.41) is 0.713. The van der Waals surface area contributed by atoms with Gasteiger partial charge in [-0.05, 0) is 12.1 Å². The van der Waals surface area contributed by atoms with E-state index in [9.17, 15) is 0 Å². The lowest BCUT2D eigenvalue weighted by atomic mass is 10.1. The van der Waals surface area contributed by atoms with E-state index in [0.717, 1.165) is 28.3 Å². The van der Waals surface area contributed by atoms with E-state index in [2.05, 4.69) is 0 Å². The summed E-state index contributed by atoms with van der Waals surface area (Å²) < 4.78 is 5.40. The van der Waals surface area contributed by atoms with E-state index >= 15 is 0 Å². The van der Waals surface area contributed by atoms with E-state index in [1.165, 1.54) is 0 Å². The number of nitrogens with zero attached hydrogens (tertiary/aromatic N) is 1. The lowest BCUT2D eigenvalue weighted by molar-refractivity contribution is 0.414. The number of benzene rings is 2. The Morgan fingerprint density at radius 1 is 0.810 bits per heavy atom. The van der Waals surface area contributed by atoms with Gasteiger partial charge in [-0.15, -0.1) is 0 Å². The van der Waals surface area contributed by atoms with Gasteiger partial charge >= 0.3 is 0 Å². The summed E-state index contributed by atoms with van der Waals surface area (Å²) in [6.07, 6.45) is 0. The highest BCUT2D eigenvalue weighted by Crippen LogP contribution is 2.28. The first-order valence-corrected chi connectivity index (χ1v) is 7.01. The van der Waals surface area contributed by atoms with Gasteiger partial charge in [0.2, 0.25) is 0 Å². The van der Waals surface area contributed by atoms with Gasteiger partial charge in [0.15, 0.2) is 0 Å². The molecule has 0 saturated heterocycles. The predicted molar refractivity (Wildman–Crippen MR) is 86.7 cm³/mol. The van der Waals surface area contributed by atoms with Crippen LogP contribution < -0.4 is 4.74 Å². The Kier molecular flexibility index (Phi) is 3.89. The second-order valence-corrected chi connectivity index (χ2v) is 5.09. The highest BCUT2D eigenvalue weighted by Gasteiger charge is 2.07.